The molecule has 1 saturated heterocycles. The summed E-state index contributed by atoms with van der Waals surface area (Å²) in [6.07, 6.45) is 5.09. The summed E-state index contributed by atoms with van der Waals surface area (Å²) in [7, 11) is -3.41. The molecule has 1 atom stereocenters. The number of carbonyl (C=O) groups excluding carboxylic acids is 1. The Kier molecular flexibility index (Phi) is 7.98. The standard InChI is InChI=1S/C15H26N4O3S3/c1-3-25(21,22)17-13(5-11-23-2)14(20)18-7-4-8-19(10-9-18)15-16-6-12-24-15/h6,12-13,17H,3-5,7-11H2,1-2H3. The van der Waals surface area contributed by atoms with Crippen LogP contribution in [0, 0.1) is 0 Å². The van der Waals surface area contributed by atoms with E-state index in [1.807, 2.05) is 11.6 Å². The molecular weight excluding hydrogens is 380 g/mol. The number of hydrogen-bond donors (Lipinski definition) is 1. The van der Waals surface area contributed by atoms with Crippen LogP contribution in [0.4, 0.5) is 5.13 Å². The molecule has 10 heteroatoms. The van der Waals surface area contributed by atoms with Crippen molar-refractivity contribution in [2.75, 3.05) is 48.8 Å². The van der Waals surface area contributed by atoms with E-state index in [0.29, 0.717) is 19.5 Å². The van der Waals surface area contributed by atoms with Crippen molar-refractivity contribution in [2.45, 2.75) is 25.8 Å². The average Bonchev–Trinajstić information content (AvgIpc) is 3.02. The Morgan fingerprint density at radius 1 is 1.40 bits per heavy atom. The minimum absolute atomic E-state index is 0.0200. The number of nitrogens with zero attached hydrogens (tertiary/aromatic N) is 3. The molecule has 1 unspecified atom stereocenters. The SMILES string of the molecule is CCS(=O)(=O)NC(CCSC)C(=O)N1CCCN(c2nccs2)CC1. The number of hydrogen-bond acceptors (Lipinski definition) is 7. The Morgan fingerprint density at radius 3 is 2.84 bits per heavy atom. The van der Waals surface area contributed by atoms with Crippen molar-refractivity contribution in [1.29, 1.82) is 0 Å². The molecule has 1 aromatic heterocycles. The van der Waals surface area contributed by atoms with Crippen molar-refractivity contribution in [1.82, 2.24) is 14.6 Å². The first-order valence-electron chi connectivity index (χ1n) is 8.39. The number of carbonyl (C=O) groups is 1. The summed E-state index contributed by atoms with van der Waals surface area (Å²) in [6, 6.07) is -0.677. The van der Waals surface area contributed by atoms with Gasteiger partial charge in [0.15, 0.2) is 5.13 Å². The van der Waals surface area contributed by atoms with E-state index in [4.69, 9.17) is 0 Å². The molecule has 1 aliphatic heterocycles. The molecule has 0 aliphatic carbocycles. The predicted molar refractivity (Wildman–Crippen MR) is 105 cm³/mol. The number of sulfonamides is 1. The van der Waals surface area contributed by atoms with Gasteiger partial charge in [0, 0.05) is 37.8 Å². The van der Waals surface area contributed by atoms with Gasteiger partial charge in [0.2, 0.25) is 15.9 Å². The highest BCUT2D eigenvalue weighted by Gasteiger charge is 2.29. The maximum atomic E-state index is 12.9. The highest BCUT2D eigenvalue weighted by molar-refractivity contribution is 7.98. The van der Waals surface area contributed by atoms with E-state index < -0.39 is 16.1 Å². The third kappa shape index (κ3) is 6.12. The second-order valence-electron chi connectivity index (χ2n) is 5.84. The Labute approximate surface area is 158 Å². The fraction of sp³-hybridized carbons (Fsp3) is 0.733. The van der Waals surface area contributed by atoms with Crippen LogP contribution in [0.1, 0.15) is 19.8 Å². The second-order valence-corrected chi connectivity index (χ2v) is 9.74. The van der Waals surface area contributed by atoms with Gasteiger partial charge < -0.3 is 9.80 Å². The van der Waals surface area contributed by atoms with Gasteiger partial charge in [-0.1, -0.05) is 0 Å². The summed E-state index contributed by atoms with van der Waals surface area (Å²) < 4.78 is 26.4. The van der Waals surface area contributed by atoms with Gasteiger partial charge in [-0.15, -0.1) is 11.3 Å². The molecular formula is C15H26N4O3S3. The fourth-order valence-corrected chi connectivity index (χ4v) is 4.68. The largest absolute Gasteiger partial charge is 0.346 e. The maximum absolute atomic E-state index is 12.9. The molecule has 7 nitrogen and oxygen atoms in total. The van der Waals surface area contributed by atoms with E-state index in [1.165, 1.54) is 0 Å². The summed E-state index contributed by atoms with van der Waals surface area (Å²) in [5, 5.41) is 2.92. The van der Waals surface area contributed by atoms with Crippen LogP contribution in [0.2, 0.25) is 0 Å². The minimum atomic E-state index is -3.41. The van der Waals surface area contributed by atoms with Crippen LogP contribution in [0.15, 0.2) is 11.6 Å². The lowest BCUT2D eigenvalue weighted by molar-refractivity contribution is -0.132. The lowest BCUT2D eigenvalue weighted by atomic mass is 10.2. The summed E-state index contributed by atoms with van der Waals surface area (Å²) in [5.74, 6) is 0.599. The minimum Gasteiger partial charge on any atom is -0.346 e. The third-order valence-electron chi connectivity index (χ3n) is 4.11. The molecule has 0 bridgehead atoms. The molecule has 0 radical (unpaired) electrons. The fourth-order valence-electron chi connectivity index (χ4n) is 2.69. The average molecular weight is 407 g/mol. The van der Waals surface area contributed by atoms with Crippen molar-refractivity contribution in [3.63, 3.8) is 0 Å². The number of rotatable bonds is 8. The molecule has 1 N–H and O–H groups in total. The first kappa shape index (κ1) is 20.5. The molecule has 142 valence electrons. The quantitative estimate of drug-likeness (QED) is 0.699. The molecule has 25 heavy (non-hydrogen) atoms. The van der Waals surface area contributed by atoms with Crippen LogP contribution < -0.4 is 9.62 Å². The first-order valence-corrected chi connectivity index (χ1v) is 12.3. The van der Waals surface area contributed by atoms with Crippen LogP contribution in [0.3, 0.4) is 0 Å². The van der Waals surface area contributed by atoms with Crippen LogP contribution in [-0.4, -0.2) is 74.2 Å². The number of nitrogens with one attached hydrogen (secondary N) is 1. The zero-order chi connectivity index (χ0) is 18.3. The van der Waals surface area contributed by atoms with Gasteiger partial charge in [-0.25, -0.2) is 18.1 Å². The normalized spacial score (nSPS) is 17.4. The van der Waals surface area contributed by atoms with Gasteiger partial charge in [-0.05, 0) is 31.8 Å². The van der Waals surface area contributed by atoms with E-state index >= 15 is 0 Å². The molecule has 2 heterocycles. The number of thiazole rings is 1. The topological polar surface area (TPSA) is 82.6 Å². The Balaban J connectivity index is 2.02. The molecule has 0 aromatic carbocycles. The van der Waals surface area contributed by atoms with E-state index in [2.05, 4.69) is 14.6 Å². The van der Waals surface area contributed by atoms with Gasteiger partial charge in [-0.2, -0.15) is 11.8 Å². The number of thioether (sulfide) groups is 1. The van der Waals surface area contributed by atoms with Crippen molar-refractivity contribution >= 4 is 44.2 Å². The summed E-state index contributed by atoms with van der Waals surface area (Å²) in [5.41, 5.74) is 0. The van der Waals surface area contributed by atoms with Crippen LogP contribution in [0.25, 0.3) is 0 Å². The van der Waals surface area contributed by atoms with Crippen molar-refractivity contribution in [2.24, 2.45) is 0 Å². The Morgan fingerprint density at radius 2 is 2.20 bits per heavy atom. The van der Waals surface area contributed by atoms with Crippen molar-refractivity contribution < 1.29 is 13.2 Å². The predicted octanol–water partition coefficient (Wildman–Crippen LogP) is 1.24. The summed E-state index contributed by atoms with van der Waals surface area (Å²) >= 11 is 3.20. The van der Waals surface area contributed by atoms with Crippen molar-refractivity contribution in [3.05, 3.63) is 11.6 Å². The second kappa shape index (κ2) is 9.75. The Bertz CT molecular complexity index is 636. The molecule has 0 spiro atoms. The number of amides is 1. The van der Waals surface area contributed by atoms with Crippen molar-refractivity contribution in [3.8, 4) is 0 Å². The Hall–Kier alpha value is -0.840. The van der Waals surface area contributed by atoms with E-state index in [1.54, 1.807) is 41.1 Å². The number of aromatic nitrogens is 1. The van der Waals surface area contributed by atoms with E-state index in [9.17, 15) is 13.2 Å². The lowest BCUT2D eigenvalue weighted by Gasteiger charge is -2.26. The zero-order valence-electron chi connectivity index (χ0n) is 14.7. The highest BCUT2D eigenvalue weighted by Crippen LogP contribution is 2.19. The maximum Gasteiger partial charge on any atom is 0.240 e. The molecule has 2 rings (SSSR count). The van der Waals surface area contributed by atoms with Gasteiger partial charge >= 0.3 is 0 Å². The number of anilines is 1. The van der Waals surface area contributed by atoms with E-state index in [0.717, 1.165) is 30.4 Å². The zero-order valence-corrected chi connectivity index (χ0v) is 17.1. The molecule has 0 saturated carbocycles. The van der Waals surface area contributed by atoms with Gasteiger partial charge in [-0.3, -0.25) is 4.79 Å². The van der Waals surface area contributed by atoms with Gasteiger partial charge in [0.1, 0.15) is 6.04 Å². The van der Waals surface area contributed by atoms with Crippen LogP contribution in [-0.2, 0) is 14.8 Å². The van der Waals surface area contributed by atoms with E-state index in [-0.39, 0.29) is 11.7 Å². The van der Waals surface area contributed by atoms with Crippen LogP contribution in [0.5, 0.6) is 0 Å². The lowest BCUT2D eigenvalue weighted by Crippen LogP contribution is -2.50. The molecule has 1 aliphatic rings. The smallest absolute Gasteiger partial charge is 0.240 e. The monoisotopic (exact) mass is 406 g/mol. The molecule has 1 aromatic rings. The third-order valence-corrected chi connectivity index (χ3v) is 6.99. The molecule has 1 amide bonds. The summed E-state index contributed by atoms with van der Waals surface area (Å²) in [6.45, 7) is 4.38. The van der Waals surface area contributed by atoms with Gasteiger partial charge in [0.25, 0.3) is 0 Å². The first-order chi connectivity index (χ1) is 12.0. The molecule has 1 fully saturated rings. The van der Waals surface area contributed by atoms with Gasteiger partial charge in [0.05, 0.1) is 5.75 Å². The summed E-state index contributed by atoms with van der Waals surface area (Å²) in [4.78, 5) is 21.2. The van der Waals surface area contributed by atoms with Crippen LogP contribution >= 0.6 is 23.1 Å². The highest BCUT2D eigenvalue weighted by atomic mass is 32.2.